The molecule has 14 heteroatoms. The highest BCUT2D eigenvalue weighted by Crippen LogP contribution is 2.32. The molecule has 0 unspecified atom stereocenters. The Morgan fingerprint density at radius 2 is 2.11 bits per heavy atom. The molecule has 0 spiro atoms. The van der Waals surface area contributed by atoms with E-state index in [9.17, 15) is 27.8 Å². The lowest BCUT2D eigenvalue weighted by Crippen LogP contribution is -2.31. The molecule has 0 saturated heterocycles. The SMILES string of the molecule is CNS(=O)(=O)O[C@@H]1C[C@H](Nc2ncncc2C(=O)c2cc([C@H](O)c3cc(Br)ccc3F)cs2)C[C@@H]1O. The first-order valence-corrected chi connectivity index (χ1v) is 13.8. The minimum atomic E-state index is -3.98. The van der Waals surface area contributed by atoms with Gasteiger partial charge in [0.15, 0.2) is 0 Å². The van der Waals surface area contributed by atoms with E-state index in [0.717, 1.165) is 11.3 Å². The van der Waals surface area contributed by atoms with Crippen LogP contribution in [0.4, 0.5) is 10.2 Å². The zero-order valence-electron chi connectivity index (χ0n) is 18.8. The number of carbonyl (C=O) groups excluding carboxylic acids is 1. The van der Waals surface area contributed by atoms with Gasteiger partial charge in [0.25, 0.3) is 0 Å². The number of anilines is 1. The molecule has 192 valence electrons. The predicted molar refractivity (Wildman–Crippen MR) is 133 cm³/mol. The van der Waals surface area contributed by atoms with Gasteiger partial charge in [0.05, 0.1) is 16.5 Å². The number of halogens is 2. The minimum Gasteiger partial charge on any atom is -0.390 e. The van der Waals surface area contributed by atoms with Crippen LogP contribution in [0.3, 0.4) is 0 Å². The molecule has 1 aliphatic carbocycles. The predicted octanol–water partition coefficient (Wildman–Crippen LogP) is 2.54. The summed E-state index contributed by atoms with van der Waals surface area (Å²) in [6, 6.07) is 5.31. The van der Waals surface area contributed by atoms with E-state index in [1.807, 2.05) is 4.72 Å². The largest absolute Gasteiger partial charge is 0.390 e. The molecular formula is C22H22BrFN4O6S2. The van der Waals surface area contributed by atoms with Crippen LogP contribution in [0, 0.1) is 5.82 Å². The lowest BCUT2D eigenvalue weighted by Gasteiger charge is -2.15. The van der Waals surface area contributed by atoms with Gasteiger partial charge in [0, 0.05) is 29.3 Å². The molecule has 0 bridgehead atoms. The van der Waals surface area contributed by atoms with Crippen LogP contribution in [-0.4, -0.2) is 59.7 Å². The third-order valence-corrected chi connectivity index (χ3v) is 8.12. The average Bonchev–Trinajstić information content (AvgIpc) is 3.47. The number of nitrogens with zero attached hydrogens (tertiary/aromatic N) is 2. The first kappa shape index (κ1) is 26.7. The molecule has 1 aromatic carbocycles. The highest BCUT2D eigenvalue weighted by Gasteiger charge is 2.37. The van der Waals surface area contributed by atoms with Gasteiger partial charge in [-0.25, -0.2) is 14.4 Å². The van der Waals surface area contributed by atoms with Gasteiger partial charge in [0.2, 0.25) is 5.78 Å². The van der Waals surface area contributed by atoms with Crippen LogP contribution < -0.4 is 10.0 Å². The molecule has 4 atom stereocenters. The maximum Gasteiger partial charge on any atom is 0.335 e. The highest BCUT2D eigenvalue weighted by atomic mass is 79.9. The molecule has 2 aromatic heterocycles. The van der Waals surface area contributed by atoms with Crippen molar-refractivity contribution in [2.45, 2.75) is 37.2 Å². The van der Waals surface area contributed by atoms with E-state index in [1.165, 1.54) is 43.8 Å². The number of carbonyl (C=O) groups is 1. The molecule has 4 rings (SSSR count). The van der Waals surface area contributed by atoms with E-state index < -0.39 is 46.3 Å². The zero-order chi connectivity index (χ0) is 26.0. The number of aliphatic hydroxyl groups excluding tert-OH is 2. The van der Waals surface area contributed by atoms with Gasteiger partial charge in [-0.1, -0.05) is 15.9 Å². The molecule has 0 radical (unpaired) electrons. The van der Waals surface area contributed by atoms with Crippen LogP contribution in [0.15, 0.2) is 46.6 Å². The topological polar surface area (TPSA) is 151 Å². The Hall–Kier alpha value is -2.33. The smallest absolute Gasteiger partial charge is 0.335 e. The monoisotopic (exact) mass is 600 g/mol. The normalized spacial score (nSPS) is 20.9. The number of hydrogen-bond acceptors (Lipinski definition) is 10. The van der Waals surface area contributed by atoms with E-state index in [2.05, 4.69) is 31.2 Å². The Morgan fingerprint density at radius 1 is 1.33 bits per heavy atom. The second kappa shape index (κ2) is 11.0. The summed E-state index contributed by atoms with van der Waals surface area (Å²) in [5.74, 6) is -0.783. The van der Waals surface area contributed by atoms with Crippen molar-refractivity contribution in [3.8, 4) is 0 Å². The number of benzene rings is 1. The van der Waals surface area contributed by atoms with Crippen molar-refractivity contribution in [3.05, 3.63) is 74.0 Å². The average molecular weight is 601 g/mol. The van der Waals surface area contributed by atoms with Crippen molar-refractivity contribution in [1.29, 1.82) is 0 Å². The molecule has 0 amide bonds. The van der Waals surface area contributed by atoms with E-state index in [-0.39, 0.29) is 34.7 Å². The summed E-state index contributed by atoms with van der Waals surface area (Å²) in [5.41, 5.74) is 0.579. The first-order valence-electron chi connectivity index (χ1n) is 10.7. The second-order valence-corrected chi connectivity index (χ2v) is 11.4. The van der Waals surface area contributed by atoms with Crippen molar-refractivity contribution in [3.63, 3.8) is 0 Å². The Morgan fingerprint density at radius 3 is 2.86 bits per heavy atom. The van der Waals surface area contributed by atoms with E-state index in [4.69, 9.17) is 4.18 Å². The Labute approximate surface area is 219 Å². The van der Waals surface area contributed by atoms with Crippen LogP contribution in [0.5, 0.6) is 0 Å². The summed E-state index contributed by atoms with van der Waals surface area (Å²) in [6.07, 6.45) is -0.333. The summed E-state index contributed by atoms with van der Waals surface area (Å²) in [7, 11) is -2.78. The van der Waals surface area contributed by atoms with Crippen LogP contribution >= 0.6 is 27.3 Å². The molecular weight excluding hydrogens is 579 g/mol. The van der Waals surface area contributed by atoms with Gasteiger partial charge < -0.3 is 15.5 Å². The van der Waals surface area contributed by atoms with Gasteiger partial charge >= 0.3 is 10.3 Å². The fourth-order valence-corrected chi connectivity index (χ4v) is 5.75. The summed E-state index contributed by atoms with van der Waals surface area (Å²) in [6.45, 7) is 0. The fraction of sp³-hybridized carbons (Fsp3) is 0.318. The summed E-state index contributed by atoms with van der Waals surface area (Å²) in [5, 5.41) is 25.5. The van der Waals surface area contributed by atoms with Gasteiger partial charge in [0.1, 0.15) is 30.2 Å². The number of nitrogens with one attached hydrogen (secondary N) is 2. The van der Waals surface area contributed by atoms with E-state index in [0.29, 0.717) is 10.0 Å². The molecule has 1 aliphatic rings. The van der Waals surface area contributed by atoms with Crippen LogP contribution in [0.25, 0.3) is 0 Å². The maximum atomic E-state index is 14.2. The van der Waals surface area contributed by atoms with Gasteiger partial charge in [-0.2, -0.15) is 13.1 Å². The number of hydrogen-bond donors (Lipinski definition) is 4. The molecule has 3 aromatic rings. The van der Waals surface area contributed by atoms with Crippen molar-refractivity contribution in [1.82, 2.24) is 14.7 Å². The molecule has 10 nitrogen and oxygen atoms in total. The van der Waals surface area contributed by atoms with Gasteiger partial charge in [-0.3, -0.25) is 8.98 Å². The number of thiophene rings is 1. The molecule has 0 aliphatic heterocycles. The molecule has 2 heterocycles. The summed E-state index contributed by atoms with van der Waals surface area (Å²) >= 11 is 4.34. The van der Waals surface area contributed by atoms with E-state index >= 15 is 0 Å². The zero-order valence-corrected chi connectivity index (χ0v) is 22.0. The fourth-order valence-electron chi connectivity index (χ4n) is 3.86. The lowest BCUT2D eigenvalue weighted by molar-refractivity contribution is 0.0636. The Bertz CT molecular complexity index is 1370. The Balaban J connectivity index is 1.51. The second-order valence-electron chi connectivity index (χ2n) is 8.10. The number of aromatic nitrogens is 2. The standard InChI is InChI=1S/C22H22BrFN4O6S2/c1-25-36(32,33)34-18-7-13(6-17(18)29)28-22-15(8-26-10-27-22)21(31)19-4-11(9-35-19)20(30)14-5-12(23)2-3-16(14)24/h2-5,8-10,13,17-18,20,25,29-30H,6-7H2,1H3,(H,26,27,28)/t13-,17+,18-,20+/m1/s1. The summed E-state index contributed by atoms with van der Waals surface area (Å²) in [4.78, 5) is 21.6. The van der Waals surface area contributed by atoms with Gasteiger partial charge in [-0.15, -0.1) is 11.3 Å². The molecule has 1 saturated carbocycles. The summed E-state index contributed by atoms with van der Waals surface area (Å²) < 4.78 is 45.2. The van der Waals surface area contributed by atoms with Gasteiger partial charge in [-0.05, 0) is 48.1 Å². The lowest BCUT2D eigenvalue weighted by atomic mass is 10.0. The Kier molecular flexibility index (Phi) is 8.14. The minimum absolute atomic E-state index is 0.0726. The highest BCUT2D eigenvalue weighted by molar-refractivity contribution is 9.10. The number of ketones is 1. The number of rotatable bonds is 9. The molecule has 36 heavy (non-hydrogen) atoms. The van der Waals surface area contributed by atoms with Crippen molar-refractivity contribution >= 4 is 49.2 Å². The maximum absolute atomic E-state index is 14.2. The van der Waals surface area contributed by atoms with E-state index in [1.54, 1.807) is 5.38 Å². The quantitative estimate of drug-likeness (QED) is 0.271. The third kappa shape index (κ3) is 5.96. The number of aliphatic hydroxyl groups is 2. The first-order chi connectivity index (χ1) is 17.1. The van der Waals surface area contributed by atoms with Crippen molar-refractivity contribution < 1.29 is 32.0 Å². The van der Waals surface area contributed by atoms with Crippen molar-refractivity contribution in [2.24, 2.45) is 0 Å². The van der Waals surface area contributed by atoms with Crippen LogP contribution in [-0.2, 0) is 14.5 Å². The van der Waals surface area contributed by atoms with Crippen LogP contribution in [0.2, 0.25) is 0 Å². The molecule has 1 fully saturated rings. The van der Waals surface area contributed by atoms with Crippen molar-refractivity contribution in [2.75, 3.05) is 12.4 Å². The molecule has 4 N–H and O–H groups in total. The van der Waals surface area contributed by atoms with Crippen LogP contribution in [0.1, 0.15) is 45.3 Å². The third-order valence-electron chi connectivity index (χ3n) is 5.68.